The first-order chi connectivity index (χ1) is 13.2. The molecule has 0 aliphatic carbocycles. The van der Waals surface area contributed by atoms with Crippen LogP contribution in [-0.2, 0) is 11.3 Å². The Balaban J connectivity index is 1.69. The number of benzene rings is 1. The summed E-state index contributed by atoms with van der Waals surface area (Å²) in [5, 5.41) is 0. The van der Waals surface area contributed by atoms with Gasteiger partial charge in [-0.3, -0.25) is 4.79 Å². The molecule has 2 atom stereocenters. The van der Waals surface area contributed by atoms with E-state index in [1.165, 1.54) is 11.3 Å². The summed E-state index contributed by atoms with van der Waals surface area (Å²) in [5.74, 6) is 2.71. The summed E-state index contributed by atoms with van der Waals surface area (Å²) in [6.07, 6.45) is 5.66. The average molecular weight is 378 g/mol. The highest BCUT2D eigenvalue weighted by Crippen LogP contribution is 2.34. The minimum Gasteiger partial charge on any atom is -0.496 e. The van der Waals surface area contributed by atoms with Gasteiger partial charge < -0.3 is 24.0 Å². The van der Waals surface area contributed by atoms with Crippen LogP contribution in [0, 0.1) is 5.92 Å². The normalized spacial score (nSPS) is 23.0. The van der Waals surface area contributed by atoms with E-state index >= 15 is 0 Å². The van der Waals surface area contributed by atoms with E-state index in [9.17, 15) is 4.79 Å². The first-order valence-electron chi connectivity index (χ1n) is 10.1. The Bertz CT molecular complexity index is 643. The second-order valence-electron chi connectivity index (χ2n) is 7.63. The highest BCUT2D eigenvalue weighted by Gasteiger charge is 2.32. The lowest BCUT2D eigenvalue weighted by molar-refractivity contribution is -0.921. The van der Waals surface area contributed by atoms with Crippen LogP contribution < -0.4 is 19.1 Å². The van der Waals surface area contributed by atoms with Crippen LogP contribution in [-0.4, -0.2) is 58.3 Å². The van der Waals surface area contributed by atoms with Crippen molar-refractivity contribution in [3.05, 3.63) is 17.7 Å². The summed E-state index contributed by atoms with van der Waals surface area (Å²) in [5.41, 5.74) is 1.09. The first kappa shape index (κ1) is 19.8. The number of carbonyl (C=O) groups excluding carboxylic acids is 1. The zero-order chi connectivity index (χ0) is 19.2. The van der Waals surface area contributed by atoms with Gasteiger partial charge in [0.05, 0.1) is 45.9 Å². The van der Waals surface area contributed by atoms with Gasteiger partial charge in [0.1, 0.15) is 12.3 Å². The van der Waals surface area contributed by atoms with Gasteiger partial charge in [-0.15, -0.1) is 0 Å². The smallest absolute Gasteiger partial charge is 0.231 e. The van der Waals surface area contributed by atoms with Crippen molar-refractivity contribution >= 4 is 5.91 Å². The quantitative estimate of drug-likeness (QED) is 0.817. The molecule has 0 bridgehead atoms. The Morgan fingerprint density at radius 2 is 1.67 bits per heavy atom. The summed E-state index contributed by atoms with van der Waals surface area (Å²) in [7, 11) is 4.96. The summed E-state index contributed by atoms with van der Waals surface area (Å²) >= 11 is 0. The second kappa shape index (κ2) is 9.31. The number of quaternary nitrogens is 1. The predicted molar refractivity (Wildman–Crippen MR) is 104 cm³/mol. The number of rotatable bonds is 6. The number of carbonyl (C=O) groups is 1. The molecule has 27 heavy (non-hydrogen) atoms. The molecule has 3 rings (SSSR count). The molecule has 6 nitrogen and oxygen atoms in total. The molecule has 2 saturated heterocycles. The molecule has 2 unspecified atom stereocenters. The fourth-order valence-electron chi connectivity index (χ4n) is 4.39. The van der Waals surface area contributed by atoms with Gasteiger partial charge in [0, 0.05) is 19.2 Å². The molecule has 0 saturated carbocycles. The van der Waals surface area contributed by atoms with Crippen LogP contribution in [0.2, 0.25) is 0 Å². The molecule has 1 amide bonds. The van der Waals surface area contributed by atoms with Gasteiger partial charge in [0.15, 0.2) is 11.5 Å². The molecule has 6 heteroatoms. The van der Waals surface area contributed by atoms with Gasteiger partial charge in [-0.05, 0) is 38.2 Å². The van der Waals surface area contributed by atoms with E-state index in [4.69, 9.17) is 14.2 Å². The Morgan fingerprint density at radius 1 is 1.00 bits per heavy atom. The maximum Gasteiger partial charge on any atom is 0.231 e. The van der Waals surface area contributed by atoms with Crippen molar-refractivity contribution in [1.29, 1.82) is 0 Å². The third-order valence-electron chi connectivity index (χ3n) is 5.86. The monoisotopic (exact) mass is 377 g/mol. The van der Waals surface area contributed by atoms with Crippen LogP contribution >= 0.6 is 0 Å². The third-order valence-corrected chi connectivity index (χ3v) is 5.86. The van der Waals surface area contributed by atoms with Crippen molar-refractivity contribution in [2.45, 2.75) is 38.6 Å². The molecule has 1 aromatic carbocycles. The second-order valence-corrected chi connectivity index (χ2v) is 7.63. The molecule has 2 aliphatic rings. The molecular formula is C21H33N2O4+. The number of hydrogen-bond donors (Lipinski definition) is 1. The van der Waals surface area contributed by atoms with Crippen molar-refractivity contribution in [2.24, 2.45) is 5.92 Å². The van der Waals surface area contributed by atoms with E-state index in [0.29, 0.717) is 17.4 Å². The molecule has 1 N–H and O–H groups in total. The number of amides is 1. The molecule has 2 fully saturated rings. The number of hydrogen-bond acceptors (Lipinski definition) is 4. The maximum absolute atomic E-state index is 12.9. The van der Waals surface area contributed by atoms with Crippen LogP contribution in [0.1, 0.15) is 37.7 Å². The summed E-state index contributed by atoms with van der Waals surface area (Å²) in [6, 6.07) is 3.88. The van der Waals surface area contributed by atoms with Crippen LogP contribution in [0.15, 0.2) is 12.1 Å². The lowest BCUT2D eigenvalue weighted by Crippen LogP contribution is -3.12. The van der Waals surface area contributed by atoms with E-state index in [2.05, 4.69) is 4.90 Å². The number of ether oxygens (including phenoxy) is 3. The van der Waals surface area contributed by atoms with E-state index in [1.54, 1.807) is 21.3 Å². The standard InChI is InChI=1S/C21H32N2O4/c1-25-18-13-20(27-3)19(26-2)12-17(18)15-22-9-7-8-16(14-22)21(24)23-10-5-4-6-11-23/h12-13,16H,4-11,14-15H2,1-3H3/p+1. The van der Waals surface area contributed by atoms with Gasteiger partial charge in [0.2, 0.25) is 5.91 Å². The first-order valence-corrected chi connectivity index (χ1v) is 10.1. The Kier molecular flexibility index (Phi) is 6.83. The predicted octanol–water partition coefficient (Wildman–Crippen LogP) is 1.52. The highest BCUT2D eigenvalue weighted by atomic mass is 16.5. The number of methoxy groups -OCH3 is 3. The lowest BCUT2D eigenvalue weighted by atomic mass is 9.95. The van der Waals surface area contributed by atoms with Crippen molar-refractivity contribution in [3.63, 3.8) is 0 Å². The van der Waals surface area contributed by atoms with Crippen molar-refractivity contribution < 1.29 is 23.9 Å². The Hall–Kier alpha value is -1.95. The topological polar surface area (TPSA) is 52.4 Å². The van der Waals surface area contributed by atoms with Crippen molar-refractivity contribution in [2.75, 3.05) is 47.5 Å². The Morgan fingerprint density at radius 3 is 2.33 bits per heavy atom. The van der Waals surface area contributed by atoms with Gasteiger partial charge in [-0.2, -0.15) is 0 Å². The molecular weight excluding hydrogens is 344 g/mol. The number of nitrogens with one attached hydrogen (secondary N) is 1. The van der Waals surface area contributed by atoms with Crippen molar-refractivity contribution in [1.82, 2.24) is 4.90 Å². The zero-order valence-electron chi connectivity index (χ0n) is 16.9. The third kappa shape index (κ3) is 4.67. The number of nitrogens with zero attached hydrogens (tertiary/aromatic N) is 1. The minimum absolute atomic E-state index is 0.151. The van der Waals surface area contributed by atoms with Crippen LogP contribution in [0.5, 0.6) is 17.2 Å². The summed E-state index contributed by atoms with van der Waals surface area (Å²) in [4.78, 5) is 16.4. The van der Waals surface area contributed by atoms with Gasteiger partial charge in [-0.1, -0.05) is 0 Å². The van der Waals surface area contributed by atoms with Crippen molar-refractivity contribution in [3.8, 4) is 17.2 Å². The van der Waals surface area contributed by atoms with E-state index in [1.807, 2.05) is 12.1 Å². The number of piperidine rings is 2. The van der Waals surface area contributed by atoms with Crippen LogP contribution in [0.4, 0.5) is 0 Å². The fraction of sp³-hybridized carbons (Fsp3) is 0.667. The lowest BCUT2D eigenvalue weighted by Gasteiger charge is -2.34. The van der Waals surface area contributed by atoms with E-state index < -0.39 is 0 Å². The summed E-state index contributed by atoms with van der Waals surface area (Å²) < 4.78 is 16.4. The van der Waals surface area contributed by atoms with Gasteiger partial charge in [0.25, 0.3) is 0 Å². The molecule has 0 aromatic heterocycles. The van der Waals surface area contributed by atoms with E-state index in [-0.39, 0.29) is 5.92 Å². The van der Waals surface area contributed by atoms with Crippen LogP contribution in [0.25, 0.3) is 0 Å². The molecule has 0 spiro atoms. The SMILES string of the molecule is COc1cc(OC)c(OC)cc1C[NH+]1CCCC(C(=O)N2CCCCC2)C1. The average Bonchev–Trinajstić information content (AvgIpc) is 2.73. The summed E-state index contributed by atoms with van der Waals surface area (Å²) in [6.45, 7) is 4.68. The van der Waals surface area contributed by atoms with Gasteiger partial charge >= 0.3 is 0 Å². The Labute approximate surface area is 162 Å². The highest BCUT2D eigenvalue weighted by molar-refractivity contribution is 5.79. The van der Waals surface area contributed by atoms with Crippen LogP contribution in [0.3, 0.4) is 0 Å². The maximum atomic E-state index is 12.9. The molecule has 0 radical (unpaired) electrons. The largest absolute Gasteiger partial charge is 0.496 e. The fourth-order valence-corrected chi connectivity index (χ4v) is 4.39. The zero-order valence-corrected chi connectivity index (χ0v) is 16.9. The molecule has 2 heterocycles. The minimum atomic E-state index is 0.151. The molecule has 1 aromatic rings. The molecule has 150 valence electrons. The van der Waals surface area contributed by atoms with Gasteiger partial charge in [-0.25, -0.2) is 0 Å². The number of likely N-dealkylation sites (tertiary alicyclic amines) is 2. The molecule has 2 aliphatic heterocycles. The van der Waals surface area contributed by atoms with E-state index in [0.717, 1.165) is 69.7 Å².